The molecule has 1 atom stereocenters. The van der Waals surface area contributed by atoms with Crippen LogP contribution in [0.25, 0.3) is 0 Å². The van der Waals surface area contributed by atoms with E-state index >= 15 is 0 Å². The fraction of sp³-hybridized carbons (Fsp3) is 0.706. The van der Waals surface area contributed by atoms with Crippen LogP contribution in [0.5, 0.6) is 0 Å². The maximum Gasteiger partial charge on any atom is 0.263 e. The number of fused-ring (bicyclic) bond motifs is 1. The number of likely N-dealkylation sites (tertiary alicyclic amines) is 1. The Morgan fingerprint density at radius 3 is 2.95 bits per heavy atom. The zero-order valence-corrected chi connectivity index (χ0v) is 15.0. The highest BCUT2D eigenvalue weighted by Crippen LogP contribution is 2.30. The molecule has 1 aromatic rings. The molecule has 0 bridgehead atoms. The van der Waals surface area contributed by atoms with Gasteiger partial charge in [0.05, 0.1) is 4.88 Å². The monoisotopic (exact) mass is 342 g/mol. The predicted octanol–water partition coefficient (Wildman–Crippen LogP) is 3.51. The second-order valence-corrected chi connectivity index (χ2v) is 7.57. The number of aryl methyl sites for hydroxylation is 2. The molecule has 1 aliphatic heterocycles. The van der Waals surface area contributed by atoms with Gasteiger partial charge in [0, 0.05) is 18.0 Å². The van der Waals surface area contributed by atoms with Crippen molar-refractivity contribution >= 4 is 29.7 Å². The van der Waals surface area contributed by atoms with E-state index in [-0.39, 0.29) is 18.3 Å². The highest BCUT2D eigenvalue weighted by atomic mass is 35.5. The van der Waals surface area contributed by atoms with Crippen LogP contribution in [0.4, 0.5) is 0 Å². The van der Waals surface area contributed by atoms with Gasteiger partial charge in [-0.25, -0.2) is 0 Å². The first kappa shape index (κ1) is 17.8. The van der Waals surface area contributed by atoms with Crippen LogP contribution in [0.1, 0.15) is 52.2 Å². The second kappa shape index (κ2) is 8.32. The van der Waals surface area contributed by atoms with Gasteiger partial charge in [-0.3, -0.25) is 4.79 Å². The standard InChI is InChI=1S/C17H26N2OS.ClH/c1-18-11-13-6-5-9-19(12-13)17(20)16-10-14-7-3-2-4-8-15(14)21-16;/h10,13,18H,2-9,11-12H2,1H3;1H. The van der Waals surface area contributed by atoms with Gasteiger partial charge in [0.1, 0.15) is 0 Å². The first-order chi connectivity index (χ1) is 10.3. The van der Waals surface area contributed by atoms with Gasteiger partial charge in [-0.1, -0.05) is 6.42 Å². The lowest BCUT2D eigenvalue weighted by molar-refractivity contribution is 0.0679. The third kappa shape index (κ3) is 4.03. The van der Waals surface area contributed by atoms with Crippen LogP contribution in [0.2, 0.25) is 0 Å². The summed E-state index contributed by atoms with van der Waals surface area (Å²) >= 11 is 1.76. The average Bonchev–Trinajstić information content (AvgIpc) is 2.78. The molecule has 1 fully saturated rings. The first-order valence-corrected chi connectivity index (χ1v) is 9.15. The van der Waals surface area contributed by atoms with Gasteiger partial charge in [-0.2, -0.15) is 0 Å². The molecule has 0 aromatic carbocycles. The van der Waals surface area contributed by atoms with Gasteiger partial charge >= 0.3 is 0 Å². The van der Waals surface area contributed by atoms with E-state index in [2.05, 4.69) is 16.3 Å². The van der Waals surface area contributed by atoms with E-state index in [0.29, 0.717) is 5.92 Å². The molecular weight excluding hydrogens is 316 g/mol. The summed E-state index contributed by atoms with van der Waals surface area (Å²) < 4.78 is 0. The number of nitrogens with zero attached hydrogens (tertiary/aromatic N) is 1. The molecule has 2 aliphatic rings. The van der Waals surface area contributed by atoms with Crippen molar-refractivity contribution in [2.75, 3.05) is 26.7 Å². The number of hydrogen-bond donors (Lipinski definition) is 1. The number of nitrogens with one attached hydrogen (secondary N) is 1. The zero-order valence-electron chi connectivity index (χ0n) is 13.4. The molecule has 0 spiro atoms. The summed E-state index contributed by atoms with van der Waals surface area (Å²) in [4.78, 5) is 17.3. The summed E-state index contributed by atoms with van der Waals surface area (Å²) in [5.74, 6) is 0.888. The van der Waals surface area contributed by atoms with Crippen molar-refractivity contribution < 1.29 is 4.79 Å². The molecule has 1 aliphatic carbocycles. The summed E-state index contributed by atoms with van der Waals surface area (Å²) in [5.41, 5.74) is 1.45. The fourth-order valence-electron chi connectivity index (χ4n) is 3.63. The average molecular weight is 343 g/mol. The van der Waals surface area contributed by atoms with Gasteiger partial charge in [0.15, 0.2) is 0 Å². The molecule has 1 amide bonds. The number of hydrogen-bond acceptors (Lipinski definition) is 3. The Kier molecular flexibility index (Phi) is 6.72. The number of carbonyl (C=O) groups is 1. The van der Waals surface area contributed by atoms with Gasteiger partial charge in [0.25, 0.3) is 5.91 Å². The van der Waals surface area contributed by atoms with Gasteiger partial charge in [-0.05, 0) is 69.7 Å². The number of carbonyl (C=O) groups excluding carboxylic acids is 1. The molecule has 0 saturated carbocycles. The molecule has 1 saturated heterocycles. The topological polar surface area (TPSA) is 32.3 Å². The SMILES string of the molecule is CNCC1CCCN(C(=O)c2cc3c(s2)CCCCC3)C1.Cl. The third-order valence-corrected chi connectivity index (χ3v) is 5.98. The number of amides is 1. The minimum absolute atomic E-state index is 0. The Morgan fingerprint density at radius 1 is 1.32 bits per heavy atom. The maximum absolute atomic E-state index is 12.8. The van der Waals surface area contributed by atoms with Crippen LogP contribution in [-0.4, -0.2) is 37.5 Å². The van der Waals surface area contributed by atoms with Crippen LogP contribution >= 0.6 is 23.7 Å². The predicted molar refractivity (Wildman–Crippen MR) is 95.4 cm³/mol. The Morgan fingerprint density at radius 2 is 2.14 bits per heavy atom. The Bertz CT molecular complexity index is 477. The number of piperidine rings is 1. The minimum atomic E-state index is 0. The van der Waals surface area contributed by atoms with E-state index in [1.165, 1.54) is 49.0 Å². The van der Waals surface area contributed by atoms with Crippen molar-refractivity contribution in [2.45, 2.75) is 44.9 Å². The molecule has 124 valence electrons. The van der Waals surface area contributed by atoms with E-state index < -0.39 is 0 Å². The quantitative estimate of drug-likeness (QED) is 0.852. The molecule has 1 aromatic heterocycles. The van der Waals surface area contributed by atoms with Gasteiger partial charge in [0.2, 0.25) is 0 Å². The Balaban J connectivity index is 0.00000176. The van der Waals surface area contributed by atoms with E-state index in [9.17, 15) is 4.79 Å². The highest BCUT2D eigenvalue weighted by molar-refractivity contribution is 7.14. The van der Waals surface area contributed by atoms with Crippen molar-refractivity contribution in [3.63, 3.8) is 0 Å². The summed E-state index contributed by atoms with van der Waals surface area (Å²) in [6.07, 6.45) is 8.63. The van der Waals surface area contributed by atoms with E-state index in [0.717, 1.165) is 30.9 Å². The first-order valence-electron chi connectivity index (χ1n) is 8.33. The lowest BCUT2D eigenvalue weighted by Gasteiger charge is -2.32. The molecule has 3 nitrogen and oxygen atoms in total. The molecule has 1 unspecified atom stereocenters. The van der Waals surface area contributed by atoms with Crippen LogP contribution < -0.4 is 5.32 Å². The van der Waals surface area contributed by atoms with Gasteiger partial charge in [-0.15, -0.1) is 23.7 Å². The lowest BCUT2D eigenvalue weighted by Crippen LogP contribution is -2.42. The molecule has 3 rings (SSSR count). The summed E-state index contributed by atoms with van der Waals surface area (Å²) in [7, 11) is 2.00. The largest absolute Gasteiger partial charge is 0.338 e. The summed E-state index contributed by atoms with van der Waals surface area (Å²) in [6.45, 7) is 2.87. The summed E-state index contributed by atoms with van der Waals surface area (Å²) in [6, 6.07) is 2.19. The lowest BCUT2D eigenvalue weighted by atomic mass is 9.98. The Hall–Kier alpha value is -0.580. The van der Waals surface area contributed by atoms with Crippen LogP contribution in [-0.2, 0) is 12.8 Å². The zero-order chi connectivity index (χ0) is 14.7. The number of rotatable bonds is 3. The second-order valence-electron chi connectivity index (χ2n) is 6.44. The molecule has 1 N–H and O–H groups in total. The third-order valence-electron chi connectivity index (χ3n) is 4.76. The Labute approximate surface area is 143 Å². The van der Waals surface area contributed by atoms with Crippen molar-refractivity contribution in [3.05, 3.63) is 21.4 Å². The molecule has 5 heteroatoms. The highest BCUT2D eigenvalue weighted by Gasteiger charge is 2.26. The smallest absolute Gasteiger partial charge is 0.263 e. The van der Waals surface area contributed by atoms with Crippen molar-refractivity contribution in [1.29, 1.82) is 0 Å². The van der Waals surface area contributed by atoms with E-state index in [1.807, 2.05) is 7.05 Å². The summed E-state index contributed by atoms with van der Waals surface area (Å²) in [5, 5.41) is 3.25. The van der Waals surface area contributed by atoms with E-state index in [4.69, 9.17) is 0 Å². The molecular formula is C17H27ClN2OS. The van der Waals surface area contributed by atoms with Gasteiger partial charge < -0.3 is 10.2 Å². The molecule has 0 radical (unpaired) electrons. The molecule has 2 heterocycles. The van der Waals surface area contributed by atoms with Crippen molar-refractivity contribution in [1.82, 2.24) is 10.2 Å². The number of halogens is 1. The van der Waals surface area contributed by atoms with Crippen molar-refractivity contribution in [3.8, 4) is 0 Å². The minimum Gasteiger partial charge on any atom is -0.338 e. The van der Waals surface area contributed by atoms with Crippen LogP contribution in [0.3, 0.4) is 0 Å². The van der Waals surface area contributed by atoms with E-state index in [1.54, 1.807) is 11.3 Å². The van der Waals surface area contributed by atoms with Crippen LogP contribution in [0, 0.1) is 5.92 Å². The maximum atomic E-state index is 12.8. The van der Waals surface area contributed by atoms with Crippen molar-refractivity contribution in [2.24, 2.45) is 5.92 Å². The normalized spacial score (nSPS) is 21.7. The fourth-order valence-corrected chi connectivity index (χ4v) is 4.86. The molecule has 22 heavy (non-hydrogen) atoms. The van der Waals surface area contributed by atoms with Crippen LogP contribution in [0.15, 0.2) is 6.07 Å². The number of thiophene rings is 1.